The van der Waals surface area contributed by atoms with E-state index in [1.807, 2.05) is 13.0 Å². The molecular formula is C21H16FN3O2. The number of para-hydroxylation sites is 1. The summed E-state index contributed by atoms with van der Waals surface area (Å²) in [4.78, 5) is 29.7. The Bertz CT molecular complexity index is 1220. The van der Waals surface area contributed by atoms with Crippen molar-refractivity contribution in [2.24, 2.45) is 0 Å². The monoisotopic (exact) mass is 361 g/mol. The van der Waals surface area contributed by atoms with Crippen LogP contribution in [0.25, 0.3) is 16.6 Å². The highest BCUT2D eigenvalue weighted by Crippen LogP contribution is 2.15. The van der Waals surface area contributed by atoms with Gasteiger partial charge in [-0.15, -0.1) is 0 Å². The standard InChI is InChI=1S/C21H16FN3O2/c1-13(14-6-9-16(22)10-7-14)23-20(26)15-8-11-19-24-18-5-3-2-4-17(18)21(27)25(19)12-15/h2-13H,1H3,(H,23,26). The first-order valence-corrected chi connectivity index (χ1v) is 8.50. The molecular weight excluding hydrogens is 345 g/mol. The van der Waals surface area contributed by atoms with Crippen molar-refractivity contribution in [3.05, 3.63) is 94.2 Å². The predicted molar refractivity (Wildman–Crippen MR) is 101 cm³/mol. The Kier molecular flexibility index (Phi) is 4.16. The number of nitrogens with one attached hydrogen (secondary N) is 1. The van der Waals surface area contributed by atoms with Gasteiger partial charge in [0.15, 0.2) is 0 Å². The fourth-order valence-corrected chi connectivity index (χ4v) is 3.00. The van der Waals surface area contributed by atoms with Crippen LogP contribution in [0.5, 0.6) is 0 Å². The third kappa shape index (κ3) is 3.17. The van der Waals surface area contributed by atoms with Gasteiger partial charge < -0.3 is 5.32 Å². The maximum absolute atomic E-state index is 13.0. The molecule has 0 aliphatic carbocycles. The normalized spacial score (nSPS) is 12.2. The molecule has 0 aliphatic rings. The largest absolute Gasteiger partial charge is 0.345 e. The number of nitrogens with zero attached hydrogens (tertiary/aromatic N) is 2. The Morgan fingerprint density at radius 1 is 1.07 bits per heavy atom. The summed E-state index contributed by atoms with van der Waals surface area (Å²) in [7, 11) is 0. The molecule has 0 aliphatic heterocycles. The molecule has 2 aromatic heterocycles. The van der Waals surface area contributed by atoms with Gasteiger partial charge in [-0.2, -0.15) is 0 Å². The molecule has 1 amide bonds. The van der Waals surface area contributed by atoms with Gasteiger partial charge in [0.05, 0.1) is 22.5 Å². The fourth-order valence-electron chi connectivity index (χ4n) is 3.00. The molecule has 0 saturated heterocycles. The van der Waals surface area contributed by atoms with Crippen LogP contribution in [0.1, 0.15) is 28.9 Å². The van der Waals surface area contributed by atoms with E-state index in [1.165, 1.54) is 22.7 Å². The number of hydrogen-bond donors (Lipinski definition) is 1. The van der Waals surface area contributed by atoms with Gasteiger partial charge >= 0.3 is 0 Å². The Balaban J connectivity index is 1.67. The van der Waals surface area contributed by atoms with Gasteiger partial charge in [-0.05, 0) is 48.9 Å². The zero-order valence-electron chi connectivity index (χ0n) is 14.5. The Hall–Kier alpha value is -3.54. The first-order chi connectivity index (χ1) is 13.0. The maximum atomic E-state index is 13.0. The first kappa shape index (κ1) is 16.9. The summed E-state index contributed by atoms with van der Waals surface area (Å²) >= 11 is 0. The van der Waals surface area contributed by atoms with Crippen LogP contribution in [0.4, 0.5) is 4.39 Å². The van der Waals surface area contributed by atoms with Crippen LogP contribution in [0.15, 0.2) is 71.7 Å². The number of halogens is 1. The number of hydrogen-bond acceptors (Lipinski definition) is 3. The molecule has 1 unspecified atom stereocenters. The van der Waals surface area contributed by atoms with E-state index in [4.69, 9.17) is 0 Å². The second-order valence-electron chi connectivity index (χ2n) is 6.33. The summed E-state index contributed by atoms with van der Waals surface area (Å²) in [5, 5.41) is 3.35. The number of carbonyl (C=O) groups is 1. The number of aromatic nitrogens is 2. The number of benzene rings is 2. The molecule has 1 N–H and O–H groups in total. The lowest BCUT2D eigenvalue weighted by molar-refractivity contribution is 0.0939. The van der Waals surface area contributed by atoms with Crippen molar-refractivity contribution in [3.63, 3.8) is 0 Å². The van der Waals surface area contributed by atoms with Gasteiger partial charge in [-0.25, -0.2) is 9.37 Å². The molecule has 2 heterocycles. The zero-order chi connectivity index (χ0) is 19.0. The van der Waals surface area contributed by atoms with E-state index in [0.29, 0.717) is 22.1 Å². The van der Waals surface area contributed by atoms with Gasteiger partial charge in [0, 0.05) is 6.20 Å². The third-order valence-corrected chi connectivity index (χ3v) is 4.50. The molecule has 0 saturated carbocycles. The SMILES string of the molecule is CC(NC(=O)c1ccc2nc3ccccc3c(=O)n2c1)c1ccc(F)cc1. The van der Waals surface area contributed by atoms with Crippen molar-refractivity contribution in [2.75, 3.05) is 0 Å². The summed E-state index contributed by atoms with van der Waals surface area (Å²) < 4.78 is 14.4. The molecule has 6 heteroatoms. The van der Waals surface area contributed by atoms with E-state index in [2.05, 4.69) is 10.3 Å². The van der Waals surface area contributed by atoms with Crippen LogP contribution in [-0.4, -0.2) is 15.3 Å². The van der Waals surface area contributed by atoms with E-state index in [-0.39, 0.29) is 23.3 Å². The minimum Gasteiger partial charge on any atom is -0.345 e. The van der Waals surface area contributed by atoms with Crippen molar-refractivity contribution >= 4 is 22.5 Å². The van der Waals surface area contributed by atoms with Crippen molar-refractivity contribution in [1.82, 2.24) is 14.7 Å². The molecule has 0 bridgehead atoms. The Morgan fingerprint density at radius 2 is 1.81 bits per heavy atom. The quantitative estimate of drug-likeness (QED) is 0.568. The number of pyridine rings is 1. The number of carbonyl (C=O) groups excluding carboxylic acids is 1. The van der Waals surface area contributed by atoms with Gasteiger partial charge in [-0.3, -0.25) is 14.0 Å². The molecule has 5 nitrogen and oxygen atoms in total. The average molecular weight is 361 g/mol. The highest BCUT2D eigenvalue weighted by atomic mass is 19.1. The summed E-state index contributed by atoms with van der Waals surface area (Å²) in [6.45, 7) is 1.81. The molecule has 2 aromatic carbocycles. The lowest BCUT2D eigenvalue weighted by Crippen LogP contribution is -2.27. The summed E-state index contributed by atoms with van der Waals surface area (Å²) in [5.41, 5.74) is 1.99. The van der Waals surface area contributed by atoms with E-state index in [1.54, 1.807) is 42.5 Å². The highest BCUT2D eigenvalue weighted by Gasteiger charge is 2.13. The second-order valence-corrected chi connectivity index (χ2v) is 6.33. The van der Waals surface area contributed by atoms with Crippen LogP contribution in [0, 0.1) is 5.82 Å². The van der Waals surface area contributed by atoms with Crippen molar-refractivity contribution in [3.8, 4) is 0 Å². The van der Waals surface area contributed by atoms with E-state index < -0.39 is 0 Å². The first-order valence-electron chi connectivity index (χ1n) is 8.50. The Morgan fingerprint density at radius 3 is 2.59 bits per heavy atom. The van der Waals surface area contributed by atoms with Crippen LogP contribution in [0.3, 0.4) is 0 Å². The second kappa shape index (κ2) is 6.64. The van der Waals surface area contributed by atoms with Crippen LogP contribution in [0.2, 0.25) is 0 Å². The van der Waals surface area contributed by atoms with Crippen molar-refractivity contribution in [1.29, 1.82) is 0 Å². The molecule has 1 atom stereocenters. The molecule has 0 radical (unpaired) electrons. The molecule has 4 aromatic rings. The minimum absolute atomic E-state index is 0.225. The van der Waals surface area contributed by atoms with Gasteiger partial charge in [0.1, 0.15) is 11.5 Å². The fraction of sp³-hybridized carbons (Fsp3) is 0.0952. The zero-order valence-corrected chi connectivity index (χ0v) is 14.5. The van der Waals surface area contributed by atoms with Gasteiger partial charge in [0.2, 0.25) is 0 Å². The maximum Gasteiger partial charge on any atom is 0.265 e. The van der Waals surface area contributed by atoms with Crippen molar-refractivity contribution in [2.45, 2.75) is 13.0 Å². The molecule has 134 valence electrons. The predicted octanol–water partition coefficient (Wildman–Crippen LogP) is 3.48. The number of fused-ring (bicyclic) bond motifs is 2. The van der Waals surface area contributed by atoms with Crippen LogP contribution < -0.4 is 10.9 Å². The Labute approximate surface area is 154 Å². The van der Waals surface area contributed by atoms with Gasteiger partial charge in [0.25, 0.3) is 11.5 Å². The smallest absolute Gasteiger partial charge is 0.265 e. The van der Waals surface area contributed by atoms with Gasteiger partial charge in [-0.1, -0.05) is 24.3 Å². The summed E-state index contributed by atoms with van der Waals surface area (Å²) in [6.07, 6.45) is 1.49. The third-order valence-electron chi connectivity index (χ3n) is 4.50. The van der Waals surface area contributed by atoms with Crippen LogP contribution >= 0.6 is 0 Å². The lowest BCUT2D eigenvalue weighted by atomic mass is 10.1. The lowest BCUT2D eigenvalue weighted by Gasteiger charge is -2.14. The average Bonchev–Trinajstić information content (AvgIpc) is 2.68. The minimum atomic E-state index is -0.328. The number of rotatable bonds is 3. The highest BCUT2D eigenvalue weighted by molar-refractivity contribution is 5.94. The molecule has 0 fully saturated rings. The topological polar surface area (TPSA) is 63.5 Å². The molecule has 0 spiro atoms. The van der Waals surface area contributed by atoms with Crippen LogP contribution in [-0.2, 0) is 0 Å². The van der Waals surface area contributed by atoms with E-state index >= 15 is 0 Å². The summed E-state index contributed by atoms with van der Waals surface area (Å²) in [6, 6.07) is 16.0. The molecule has 27 heavy (non-hydrogen) atoms. The number of amides is 1. The molecule has 4 rings (SSSR count). The van der Waals surface area contributed by atoms with Crippen molar-refractivity contribution < 1.29 is 9.18 Å². The van der Waals surface area contributed by atoms with E-state index in [9.17, 15) is 14.0 Å². The van der Waals surface area contributed by atoms with E-state index in [0.717, 1.165) is 5.56 Å². The summed E-state index contributed by atoms with van der Waals surface area (Å²) in [5.74, 6) is -0.653.